The molecule has 0 radical (unpaired) electrons. The summed E-state index contributed by atoms with van der Waals surface area (Å²) in [7, 11) is 0. The SMILES string of the molecule is [2H]C([2H])(O)[C@@H]1COC(=O)[C@H](N)C1. The van der Waals surface area contributed by atoms with Crippen LogP contribution in [-0.4, -0.2) is 30.3 Å². The van der Waals surface area contributed by atoms with Crippen molar-refractivity contribution in [2.45, 2.75) is 12.5 Å². The quantitative estimate of drug-likeness (QED) is 0.460. The topological polar surface area (TPSA) is 72.5 Å². The van der Waals surface area contributed by atoms with Crippen molar-refractivity contribution in [1.29, 1.82) is 0 Å². The van der Waals surface area contributed by atoms with Gasteiger partial charge in [0.25, 0.3) is 0 Å². The minimum Gasteiger partial charge on any atom is -0.464 e. The summed E-state index contributed by atoms with van der Waals surface area (Å²) in [4.78, 5) is 10.7. The number of aliphatic hydroxyl groups is 1. The summed E-state index contributed by atoms with van der Waals surface area (Å²) < 4.78 is 18.5. The van der Waals surface area contributed by atoms with Gasteiger partial charge in [0.05, 0.1) is 9.35 Å². The summed E-state index contributed by atoms with van der Waals surface area (Å²) in [5.74, 6) is -1.25. The van der Waals surface area contributed by atoms with Crippen LogP contribution in [0.4, 0.5) is 0 Å². The highest BCUT2D eigenvalue weighted by Crippen LogP contribution is 2.12. The number of nitrogens with two attached hydrogens (primary N) is 1. The summed E-state index contributed by atoms with van der Waals surface area (Å²) >= 11 is 0. The van der Waals surface area contributed by atoms with Crippen LogP contribution in [0.3, 0.4) is 0 Å². The van der Waals surface area contributed by atoms with E-state index >= 15 is 0 Å². The fourth-order valence-electron chi connectivity index (χ4n) is 0.851. The third kappa shape index (κ3) is 1.46. The van der Waals surface area contributed by atoms with Crippen molar-refractivity contribution in [3.63, 3.8) is 0 Å². The molecular weight excluding hydrogens is 134 g/mol. The highest BCUT2D eigenvalue weighted by Gasteiger charge is 2.26. The van der Waals surface area contributed by atoms with E-state index in [1.807, 2.05) is 0 Å². The molecule has 0 bridgehead atoms. The number of carbonyl (C=O) groups is 1. The Kier molecular flexibility index (Phi) is 1.52. The Labute approximate surface area is 61.8 Å². The van der Waals surface area contributed by atoms with Crippen LogP contribution in [0.25, 0.3) is 0 Å². The van der Waals surface area contributed by atoms with E-state index in [1.165, 1.54) is 0 Å². The molecule has 1 fully saturated rings. The van der Waals surface area contributed by atoms with Gasteiger partial charge < -0.3 is 15.6 Å². The standard InChI is InChI=1S/C6H11NO3/c7-5-1-4(2-8)3-10-6(5)9/h4-5,8H,1-3,7H2/t4-,5-/m1/s1/i2D2. The first kappa shape index (κ1) is 5.09. The van der Waals surface area contributed by atoms with E-state index in [2.05, 4.69) is 4.74 Å². The maximum atomic E-state index is 10.7. The Balaban J connectivity index is 2.57. The van der Waals surface area contributed by atoms with Crippen molar-refractivity contribution >= 4 is 5.97 Å². The second-order valence-electron chi connectivity index (χ2n) is 2.30. The van der Waals surface area contributed by atoms with E-state index in [0.29, 0.717) is 0 Å². The van der Waals surface area contributed by atoms with E-state index in [-0.39, 0.29) is 13.0 Å². The van der Waals surface area contributed by atoms with Crippen LogP contribution in [0.5, 0.6) is 0 Å². The Morgan fingerprint density at radius 3 is 3.20 bits per heavy atom. The van der Waals surface area contributed by atoms with Crippen LogP contribution in [0.1, 0.15) is 9.16 Å². The average molecular weight is 147 g/mol. The molecule has 1 aliphatic rings. The molecule has 58 valence electrons. The largest absolute Gasteiger partial charge is 0.464 e. The predicted octanol–water partition coefficient (Wildman–Crippen LogP) is -1.13. The molecule has 1 aliphatic heterocycles. The van der Waals surface area contributed by atoms with Gasteiger partial charge in [-0.3, -0.25) is 4.79 Å². The van der Waals surface area contributed by atoms with Gasteiger partial charge in [0.1, 0.15) is 6.04 Å². The zero-order valence-corrected chi connectivity index (χ0v) is 5.41. The van der Waals surface area contributed by atoms with E-state index < -0.39 is 24.5 Å². The van der Waals surface area contributed by atoms with Crippen molar-refractivity contribution in [1.82, 2.24) is 0 Å². The lowest BCUT2D eigenvalue weighted by molar-refractivity contribution is -0.152. The van der Waals surface area contributed by atoms with E-state index in [0.717, 1.165) is 0 Å². The first-order valence-electron chi connectivity index (χ1n) is 4.06. The molecule has 1 heterocycles. The van der Waals surface area contributed by atoms with Gasteiger partial charge in [0.2, 0.25) is 0 Å². The van der Waals surface area contributed by atoms with Gasteiger partial charge >= 0.3 is 5.97 Å². The number of cyclic esters (lactones) is 1. The van der Waals surface area contributed by atoms with E-state index in [4.69, 9.17) is 13.6 Å². The van der Waals surface area contributed by atoms with Crippen LogP contribution in [-0.2, 0) is 9.53 Å². The van der Waals surface area contributed by atoms with E-state index in [9.17, 15) is 4.79 Å². The Morgan fingerprint density at radius 1 is 2.00 bits per heavy atom. The van der Waals surface area contributed by atoms with Crippen molar-refractivity contribution in [3.8, 4) is 0 Å². The molecule has 10 heavy (non-hydrogen) atoms. The summed E-state index contributed by atoms with van der Waals surface area (Å²) in [5.41, 5.74) is 5.31. The normalized spacial score (nSPS) is 38.0. The molecule has 1 rings (SSSR count). The van der Waals surface area contributed by atoms with Crippen LogP contribution in [0.15, 0.2) is 0 Å². The smallest absolute Gasteiger partial charge is 0.322 e. The van der Waals surface area contributed by atoms with Crippen LogP contribution in [0.2, 0.25) is 0 Å². The summed E-state index contributed by atoms with van der Waals surface area (Å²) in [6.07, 6.45) is 0.127. The molecule has 0 unspecified atom stereocenters. The summed E-state index contributed by atoms with van der Waals surface area (Å²) in [6, 6.07) is -0.814. The van der Waals surface area contributed by atoms with Crippen molar-refractivity contribution < 1.29 is 17.4 Å². The minimum atomic E-state index is -2.32. The Hall–Kier alpha value is -0.610. The maximum absolute atomic E-state index is 10.7. The van der Waals surface area contributed by atoms with Crippen LogP contribution in [0, 0.1) is 5.92 Å². The zero-order valence-electron chi connectivity index (χ0n) is 7.41. The molecule has 0 aromatic carbocycles. The highest BCUT2D eigenvalue weighted by molar-refractivity contribution is 5.76. The first-order chi connectivity index (χ1) is 5.41. The molecule has 0 aromatic heterocycles. The molecule has 4 nitrogen and oxygen atoms in total. The lowest BCUT2D eigenvalue weighted by Gasteiger charge is -2.23. The lowest BCUT2D eigenvalue weighted by Crippen LogP contribution is -2.41. The number of rotatable bonds is 1. The Bertz CT molecular complexity index is 192. The van der Waals surface area contributed by atoms with E-state index in [1.54, 1.807) is 0 Å². The van der Waals surface area contributed by atoms with Gasteiger partial charge in [-0.15, -0.1) is 0 Å². The number of carbonyl (C=O) groups excluding carboxylic acids is 1. The van der Waals surface area contributed by atoms with Gasteiger partial charge in [0, 0.05) is 12.5 Å². The summed E-state index contributed by atoms with van der Waals surface area (Å²) in [6.45, 7) is -2.42. The molecular formula is C6H11NO3. The fraction of sp³-hybridized carbons (Fsp3) is 0.833. The predicted molar refractivity (Wildman–Crippen MR) is 34.1 cm³/mol. The number of hydrogen-bond donors (Lipinski definition) is 2. The highest BCUT2D eigenvalue weighted by atomic mass is 16.5. The molecule has 0 saturated carbocycles. The number of hydrogen-bond acceptors (Lipinski definition) is 4. The molecule has 3 N–H and O–H groups in total. The van der Waals surface area contributed by atoms with Gasteiger partial charge in [-0.05, 0) is 6.42 Å². The first-order valence-corrected chi connectivity index (χ1v) is 3.06. The fourth-order valence-corrected chi connectivity index (χ4v) is 0.851. The van der Waals surface area contributed by atoms with Crippen LogP contribution >= 0.6 is 0 Å². The van der Waals surface area contributed by atoms with Gasteiger partial charge in [-0.25, -0.2) is 0 Å². The monoisotopic (exact) mass is 147 g/mol. The van der Waals surface area contributed by atoms with Crippen molar-refractivity contribution in [2.75, 3.05) is 13.2 Å². The number of esters is 1. The molecule has 0 aliphatic carbocycles. The number of ether oxygens (including phenoxy) is 1. The zero-order chi connectivity index (χ0) is 9.35. The van der Waals surface area contributed by atoms with Gasteiger partial charge in [-0.1, -0.05) is 0 Å². The van der Waals surface area contributed by atoms with Crippen molar-refractivity contribution in [3.05, 3.63) is 0 Å². The molecule has 4 heteroatoms. The van der Waals surface area contributed by atoms with Gasteiger partial charge in [-0.2, -0.15) is 0 Å². The third-order valence-electron chi connectivity index (χ3n) is 1.45. The molecule has 0 aromatic rings. The molecule has 1 saturated heterocycles. The van der Waals surface area contributed by atoms with Crippen molar-refractivity contribution in [2.24, 2.45) is 11.7 Å². The third-order valence-corrected chi connectivity index (χ3v) is 1.45. The molecule has 0 spiro atoms. The second-order valence-corrected chi connectivity index (χ2v) is 2.30. The van der Waals surface area contributed by atoms with Crippen LogP contribution < -0.4 is 5.73 Å². The van der Waals surface area contributed by atoms with Gasteiger partial charge in [0.15, 0.2) is 0 Å². The lowest BCUT2D eigenvalue weighted by atomic mass is 10.00. The minimum absolute atomic E-state index is 0.101. The maximum Gasteiger partial charge on any atom is 0.322 e. The molecule has 0 amide bonds. The summed E-state index contributed by atoms with van der Waals surface area (Å²) in [5, 5.41) is 8.93. The Morgan fingerprint density at radius 2 is 2.70 bits per heavy atom. The average Bonchev–Trinajstić information content (AvgIpc) is 1.92. The molecule has 2 atom stereocenters. The second kappa shape index (κ2) is 2.98.